The summed E-state index contributed by atoms with van der Waals surface area (Å²) in [5.74, 6) is -5.01. The van der Waals surface area contributed by atoms with E-state index >= 15 is 0 Å². The van der Waals surface area contributed by atoms with Crippen LogP contribution in [0.2, 0.25) is 0 Å². The molecule has 0 saturated carbocycles. The Hall–Kier alpha value is -5.02. The number of aliphatic carboxylic acids is 1. The van der Waals surface area contributed by atoms with Crippen LogP contribution in [0.15, 0.2) is 48.5 Å². The third-order valence-electron chi connectivity index (χ3n) is 7.31. The summed E-state index contributed by atoms with van der Waals surface area (Å²) in [4.78, 5) is 72.4. The molecule has 1 saturated heterocycles. The number of fused-ring (bicyclic) bond motifs is 3. The molecule has 2 aromatic rings. The highest BCUT2D eigenvalue weighted by molar-refractivity contribution is 5.81. The number of nitrogens with one attached hydrogen (secondary N) is 1. The quantitative estimate of drug-likeness (QED) is 0.248. The summed E-state index contributed by atoms with van der Waals surface area (Å²) < 4.78 is 37.9. The van der Waals surface area contributed by atoms with Gasteiger partial charge in [-0.1, -0.05) is 48.5 Å². The van der Waals surface area contributed by atoms with Crippen molar-refractivity contribution in [3.8, 4) is 11.1 Å². The van der Waals surface area contributed by atoms with Crippen LogP contribution < -0.4 is 5.32 Å². The molecule has 0 bridgehead atoms. The van der Waals surface area contributed by atoms with Gasteiger partial charge in [0.05, 0.1) is 6.61 Å². The van der Waals surface area contributed by atoms with Crippen molar-refractivity contribution in [1.29, 1.82) is 0 Å². The Morgan fingerprint density at radius 1 is 0.723 bits per heavy atom. The van der Waals surface area contributed by atoms with Gasteiger partial charge in [-0.2, -0.15) is 0 Å². The molecule has 1 amide bonds. The van der Waals surface area contributed by atoms with E-state index in [1.165, 1.54) is 0 Å². The lowest BCUT2D eigenvalue weighted by Crippen LogP contribution is -2.63. The Labute approximate surface area is 269 Å². The summed E-state index contributed by atoms with van der Waals surface area (Å²) in [5.41, 5.74) is 3.95. The highest BCUT2D eigenvalue weighted by Gasteiger charge is 2.53. The zero-order chi connectivity index (χ0) is 34.2. The van der Waals surface area contributed by atoms with Gasteiger partial charge in [0.2, 0.25) is 0 Å². The van der Waals surface area contributed by atoms with E-state index in [0.717, 1.165) is 49.9 Å². The summed E-state index contributed by atoms with van der Waals surface area (Å²) in [6.07, 6.45) is -8.49. The highest BCUT2D eigenvalue weighted by Crippen LogP contribution is 2.44. The molecule has 1 aliphatic carbocycles. The Morgan fingerprint density at radius 3 is 1.79 bits per heavy atom. The average molecular weight is 658 g/mol. The SMILES string of the molecule is CC(=O)OC[C@H]1O[C@H](OC[C@H](NC(=O)OCC2c3ccccc3-c3ccccc32)C(=O)O)[C@H](OC(C)=O)[C@@H](OC(C)=O)[C@H]1OC(C)=O. The smallest absolute Gasteiger partial charge is 0.407 e. The van der Waals surface area contributed by atoms with Gasteiger partial charge < -0.3 is 43.6 Å². The fourth-order valence-corrected chi connectivity index (χ4v) is 5.47. The molecule has 0 unspecified atom stereocenters. The summed E-state index contributed by atoms with van der Waals surface area (Å²) >= 11 is 0. The number of alkyl carbamates (subject to hydrolysis) is 1. The maximum Gasteiger partial charge on any atom is 0.407 e. The number of amides is 1. The van der Waals surface area contributed by atoms with Crippen molar-refractivity contribution in [1.82, 2.24) is 5.32 Å². The fraction of sp³-hybridized carbons (Fsp3) is 0.438. The topological polar surface area (TPSA) is 199 Å². The van der Waals surface area contributed by atoms with Crippen LogP contribution in [0.25, 0.3) is 11.1 Å². The van der Waals surface area contributed by atoms with E-state index in [4.69, 9.17) is 33.2 Å². The van der Waals surface area contributed by atoms with Gasteiger partial charge in [0, 0.05) is 33.6 Å². The number of rotatable bonds is 12. The number of carboxylic acid groups (broad SMARTS) is 1. The van der Waals surface area contributed by atoms with Crippen molar-refractivity contribution in [3.63, 3.8) is 0 Å². The molecule has 6 atom stereocenters. The number of benzene rings is 2. The summed E-state index contributed by atoms with van der Waals surface area (Å²) in [6, 6.07) is 13.7. The molecule has 15 heteroatoms. The number of carbonyl (C=O) groups excluding carboxylic acids is 5. The second-order valence-corrected chi connectivity index (χ2v) is 10.8. The van der Waals surface area contributed by atoms with Crippen LogP contribution in [-0.4, -0.2) is 97.6 Å². The molecule has 47 heavy (non-hydrogen) atoms. The van der Waals surface area contributed by atoms with Gasteiger partial charge in [-0.3, -0.25) is 19.2 Å². The van der Waals surface area contributed by atoms with Crippen LogP contribution in [0.3, 0.4) is 0 Å². The van der Waals surface area contributed by atoms with Crippen LogP contribution in [0, 0.1) is 0 Å². The van der Waals surface area contributed by atoms with Gasteiger partial charge in [0.15, 0.2) is 30.6 Å². The first-order valence-corrected chi connectivity index (χ1v) is 14.6. The van der Waals surface area contributed by atoms with Crippen LogP contribution in [0.4, 0.5) is 4.79 Å². The predicted octanol–water partition coefficient (Wildman–Crippen LogP) is 2.08. The van der Waals surface area contributed by atoms with Crippen LogP contribution >= 0.6 is 0 Å². The minimum atomic E-state index is -1.68. The molecule has 15 nitrogen and oxygen atoms in total. The summed E-state index contributed by atoms with van der Waals surface area (Å²) in [7, 11) is 0. The number of hydrogen-bond donors (Lipinski definition) is 2. The van der Waals surface area contributed by atoms with E-state index in [1.807, 2.05) is 48.5 Å². The average Bonchev–Trinajstić information content (AvgIpc) is 3.32. The maximum absolute atomic E-state index is 12.8. The van der Waals surface area contributed by atoms with Crippen LogP contribution in [-0.2, 0) is 57.1 Å². The molecule has 0 spiro atoms. The first kappa shape index (κ1) is 34.8. The number of carbonyl (C=O) groups is 6. The molecule has 0 radical (unpaired) electrons. The van der Waals surface area contributed by atoms with Crippen LogP contribution in [0.1, 0.15) is 44.7 Å². The Balaban J connectivity index is 1.48. The molecule has 2 N–H and O–H groups in total. The number of esters is 4. The standard InChI is InChI=1S/C32H35NO14/c1-16(34)41-15-26-27(44-17(2)35)28(45-18(3)36)29(46-19(4)37)31(47-26)42-14-25(30(38)39)33-32(40)43-13-24-22-11-7-5-9-20(22)21-10-6-8-12-23(21)24/h5-12,24-29,31H,13-15H2,1-4H3,(H,33,40)(H,38,39)/t25-,26+,27-,28-,29+,31-/m0/s1. The predicted molar refractivity (Wildman–Crippen MR) is 158 cm³/mol. The van der Waals surface area contributed by atoms with Crippen molar-refractivity contribution in [3.05, 3.63) is 59.7 Å². The van der Waals surface area contributed by atoms with E-state index in [1.54, 1.807) is 0 Å². The van der Waals surface area contributed by atoms with Gasteiger partial charge in [-0.25, -0.2) is 9.59 Å². The Bertz CT molecular complexity index is 1460. The lowest BCUT2D eigenvalue weighted by atomic mass is 9.98. The lowest BCUT2D eigenvalue weighted by molar-refractivity contribution is -0.308. The number of hydrogen-bond acceptors (Lipinski definition) is 13. The van der Waals surface area contributed by atoms with Crippen molar-refractivity contribution in [2.24, 2.45) is 0 Å². The second-order valence-electron chi connectivity index (χ2n) is 10.8. The summed E-state index contributed by atoms with van der Waals surface area (Å²) in [6.45, 7) is 2.98. The molecule has 0 aromatic heterocycles. The highest BCUT2D eigenvalue weighted by atomic mass is 16.7. The lowest BCUT2D eigenvalue weighted by Gasteiger charge is -2.44. The molecular formula is C32H35NO14. The van der Waals surface area contributed by atoms with Gasteiger partial charge in [0.1, 0.15) is 19.3 Å². The van der Waals surface area contributed by atoms with E-state index in [0.29, 0.717) is 0 Å². The van der Waals surface area contributed by atoms with Crippen LogP contribution in [0.5, 0.6) is 0 Å². The van der Waals surface area contributed by atoms with Crippen molar-refractivity contribution in [2.45, 2.75) is 70.4 Å². The zero-order valence-corrected chi connectivity index (χ0v) is 26.0. The third-order valence-corrected chi connectivity index (χ3v) is 7.31. The van der Waals surface area contributed by atoms with Crippen molar-refractivity contribution in [2.75, 3.05) is 19.8 Å². The molecule has 252 valence electrons. The Kier molecular flexibility index (Phi) is 11.5. The number of carboxylic acids is 1. The first-order valence-electron chi connectivity index (χ1n) is 14.6. The minimum Gasteiger partial charge on any atom is -0.480 e. The largest absolute Gasteiger partial charge is 0.480 e. The van der Waals surface area contributed by atoms with Gasteiger partial charge in [-0.05, 0) is 22.3 Å². The second kappa shape index (κ2) is 15.5. The fourth-order valence-electron chi connectivity index (χ4n) is 5.47. The van der Waals surface area contributed by atoms with Gasteiger partial charge in [0.25, 0.3) is 0 Å². The molecule has 4 rings (SSSR count). The first-order chi connectivity index (χ1) is 22.3. The van der Waals surface area contributed by atoms with Gasteiger partial charge in [-0.15, -0.1) is 0 Å². The molecule has 2 aliphatic rings. The maximum atomic E-state index is 12.8. The van der Waals surface area contributed by atoms with E-state index < -0.39 is 85.9 Å². The molecule has 1 heterocycles. The van der Waals surface area contributed by atoms with E-state index in [2.05, 4.69) is 5.32 Å². The minimum absolute atomic E-state index is 0.0766. The van der Waals surface area contributed by atoms with Crippen molar-refractivity contribution < 1.29 is 67.0 Å². The van der Waals surface area contributed by atoms with Crippen molar-refractivity contribution >= 4 is 35.9 Å². The molecular weight excluding hydrogens is 622 g/mol. The van der Waals surface area contributed by atoms with E-state index in [-0.39, 0.29) is 12.5 Å². The molecule has 1 fully saturated rings. The Morgan fingerprint density at radius 2 is 1.26 bits per heavy atom. The molecule has 2 aromatic carbocycles. The van der Waals surface area contributed by atoms with Gasteiger partial charge >= 0.3 is 35.9 Å². The summed E-state index contributed by atoms with van der Waals surface area (Å²) in [5, 5.41) is 12.1. The molecule has 1 aliphatic heterocycles. The monoisotopic (exact) mass is 657 g/mol. The van der Waals surface area contributed by atoms with E-state index in [9.17, 15) is 33.9 Å². The number of ether oxygens (including phenoxy) is 7. The third kappa shape index (κ3) is 8.83. The zero-order valence-electron chi connectivity index (χ0n) is 26.0. The normalized spacial score (nSPS) is 22.1.